The van der Waals surface area contributed by atoms with Crippen LogP contribution in [0, 0.1) is 20.8 Å². The zero-order valence-electron chi connectivity index (χ0n) is 13.5. The molecule has 3 aromatic rings. The standard InChI is InChI=1S/C20H22N2/c1-12-7-8-17-16(11-12)15-9-10-21-20(19(15)22-17)18-13(2)5-4-6-14(18)3/h4-8,11,20-22H,9-10H2,1-3H3. The van der Waals surface area contributed by atoms with Crippen LogP contribution in [-0.4, -0.2) is 11.5 Å². The van der Waals surface area contributed by atoms with E-state index in [0.29, 0.717) is 0 Å². The Hall–Kier alpha value is -2.06. The fraction of sp³-hybridized carbons (Fsp3) is 0.300. The van der Waals surface area contributed by atoms with Gasteiger partial charge in [-0.2, -0.15) is 0 Å². The minimum Gasteiger partial charge on any atom is -0.357 e. The van der Waals surface area contributed by atoms with Gasteiger partial charge in [-0.25, -0.2) is 0 Å². The van der Waals surface area contributed by atoms with Crippen molar-refractivity contribution in [1.29, 1.82) is 0 Å². The zero-order valence-corrected chi connectivity index (χ0v) is 13.5. The van der Waals surface area contributed by atoms with E-state index in [-0.39, 0.29) is 6.04 Å². The third kappa shape index (κ3) is 1.98. The fourth-order valence-corrected chi connectivity index (χ4v) is 3.87. The smallest absolute Gasteiger partial charge is 0.0737 e. The van der Waals surface area contributed by atoms with Gasteiger partial charge in [-0.1, -0.05) is 29.8 Å². The van der Waals surface area contributed by atoms with Crippen molar-refractivity contribution in [1.82, 2.24) is 10.3 Å². The average Bonchev–Trinajstić information content (AvgIpc) is 2.86. The second kappa shape index (κ2) is 4.99. The van der Waals surface area contributed by atoms with Crippen molar-refractivity contribution < 1.29 is 0 Å². The lowest BCUT2D eigenvalue weighted by Crippen LogP contribution is -2.31. The number of fused-ring (bicyclic) bond motifs is 3. The van der Waals surface area contributed by atoms with Gasteiger partial charge in [0, 0.05) is 23.1 Å². The van der Waals surface area contributed by atoms with Crippen molar-refractivity contribution in [3.8, 4) is 0 Å². The van der Waals surface area contributed by atoms with Crippen molar-refractivity contribution in [3.63, 3.8) is 0 Å². The SMILES string of the molecule is Cc1ccc2[nH]c3c(c2c1)CCNC3c1c(C)cccc1C. The number of aromatic nitrogens is 1. The number of hydrogen-bond donors (Lipinski definition) is 2. The highest BCUT2D eigenvalue weighted by Crippen LogP contribution is 2.36. The normalized spacial score (nSPS) is 17.7. The van der Waals surface area contributed by atoms with Crippen LogP contribution in [0.5, 0.6) is 0 Å². The molecular formula is C20H22N2. The number of aromatic amines is 1. The van der Waals surface area contributed by atoms with Gasteiger partial charge in [0.1, 0.15) is 0 Å². The highest BCUT2D eigenvalue weighted by molar-refractivity contribution is 5.86. The lowest BCUT2D eigenvalue weighted by molar-refractivity contribution is 0.556. The number of rotatable bonds is 1. The fourth-order valence-electron chi connectivity index (χ4n) is 3.87. The van der Waals surface area contributed by atoms with Crippen LogP contribution in [0.3, 0.4) is 0 Å². The Bertz CT molecular complexity index is 837. The van der Waals surface area contributed by atoms with Crippen LogP contribution < -0.4 is 5.32 Å². The summed E-state index contributed by atoms with van der Waals surface area (Å²) in [6.45, 7) is 7.63. The first-order valence-corrected chi connectivity index (χ1v) is 8.06. The van der Waals surface area contributed by atoms with Gasteiger partial charge in [0.2, 0.25) is 0 Å². The van der Waals surface area contributed by atoms with Crippen LogP contribution in [0.25, 0.3) is 10.9 Å². The Morgan fingerprint density at radius 1 is 1.00 bits per heavy atom. The summed E-state index contributed by atoms with van der Waals surface area (Å²) in [6.07, 6.45) is 1.10. The maximum Gasteiger partial charge on any atom is 0.0737 e. The molecule has 0 saturated heterocycles. The highest BCUT2D eigenvalue weighted by atomic mass is 15.0. The van der Waals surface area contributed by atoms with Crippen molar-refractivity contribution in [2.24, 2.45) is 0 Å². The summed E-state index contributed by atoms with van der Waals surface area (Å²) in [7, 11) is 0. The maximum absolute atomic E-state index is 3.72. The second-order valence-corrected chi connectivity index (χ2v) is 6.51. The van der Waals surface area contributed by atoms with Gasteiger partial charge in [0.05, 0.1) is 6.04 Å². The third-order valence-corrected chi connectivity index (χ3v) is 4.94. The van der Waals surface area contributed by atoms with Crippen LogP contribution in [0.15, 0.2) is 36.4 Å². The van der Waals surface area contributed by atoms with Crippen LogP contribution in [0.4, 0.5) is 0 Å². The molecule has 2 aromatic carbocycles. The molecule has 0 radical (unpaired) electrons. The minimum absolute atomic E-state index is 0.276. The van der Waals surface area contributed by atoms with Crippen molar-refractivity contribution in [3.05, 3.63) is 69.9 Å². The van der Waals surface area contributed by atoms with Crippen LogP contribution in [0.1, 0.15) is 39.6 Å². The molecule has 1 aromatic heterocycles. The van der Waals surface area contributed by atoms with Crippen molar-refractivity contribution in [2.75, 3.05) is 6.54 Å². The molecule has 2 nitrogen and oxygen atoms in total. The predicted molar refractivity (Wildman–Crippen MR) is 92.5 cm³/mol. The van der Waals surface area contributed by atoms with Gasteiger partial charge >= 0.3 is 0 Å². The van der Waals surface area contributed by atoms with Crippen LogP contribution >= 0.6 is 0 Å². The molecule has 0 bridgehead atoms. The largest absolute Gasteiger partial charge is 0.357 e. The molecule has 1 aliphatic heterocycles. The van der Waals surface area contributed by atoms with Gasteiger partial charge in [0.15, 0.2) is 0 Å². The summed E-state index contributed by atoms with van der Waals surface area (Å²) in [6, 6.07) is 13.6. The molecule has 1 atom stereocenters. The molecule has 1 aliphatic rings. The lowest BCUT2D eigenvalue weighted by atomic mass is 9.89. The molecule has 0 aliphatic carbocycles. The van der Waals surface area contributed by atoms with Gasteiger partial charge in [-0.3, -0.25) is 0 Å². The van der Waals surface area contributed by atoms with Gasteiger partial charge in [-0.05, 0) is 61.6 Å². The van der Waals surface area contributed by atoms with Gasteiger partial charge in [0.25, 0.3) is 0 Å². The molecule has 4 rings (SSSR count). The molecule has 0 amide bonds. The molecule has 0 fully saturated rings. The van der Waals surface area contributed by atoms with Gasteiger partial charge < -0.3 is 10.3 Å². The molecule has 22 heavy (non-hydrogen) atoms. The summed E-state index contributed by atoms with van der Waals surface area (Å²) in [4.78, 5) is 3.68. The molecule has 0 saturated carbocycles. The third-order valence-electron chi connectivity index (χ3n) is 4.94. The van der Waals surface area contributed by atoms with Crippen molar-refractivity contribution in [2.45, 2.75) is 33.2 Å². The molecule has 2 heteroatoms. The second-order valence-electron chi connectivity index (χ2n) is 6.51. The number of aryl methyl sites for hydroxylation is 3. The highest BCUT2D eigenvalue weighted by Gasteiger charge is 2.27. The maximum atomic E-state index is 3.72. The molecule has 2 N–H and O–H groups in total. The first kappa shape index (κ1) is 13.6. The Kier molecular flexibility index (Phi) is 3.08. The quantitative estimate of drug-likeness (QED) is 0.686. The van der Waals surface area contributed by atoms with E-state index in [1.54, 1.807) is 0 Å². The first-order valence-electron chi connectivity index (χ1n) is 8.06. The number of H-pyrrole nitrogens is 1. The van der Waals surface area contributed by atoms with E-state index in [9.17, 15) is 0 Å². The monoisotopic (exact) mass is 290 g/mol. The average molecular weight is 290 g/mol. The topological polar surface area (TPSA) is 27.8 Å². The molecular weight excluding hydrogens is 268 g/mol. The predicted octanol–water partition coefficient (Wildman–Crippen LogP) is 4.33. The molecule has 1 unspecified atom stereocenters. The number of hydrogen-bond acceptors (Lipinski definition) is 1. The van der Waals surface area contributed by atoms with Crippen molar-refractivity contribution >= 4 is 10.9 Å². The molecule has 0 spiro atoms. The van der Waals surface area contributed by atoms with E-state index in [1.807, 2.05) is 0 Å². The van der Waals surface area contributed by atoms with E-state index in [4.69, 9.17) is 0 Å². The molecule has 2 heterocycles. The first-order chi connectivity index (χ1) is 10.6. The summed E-state index contributed by atoms with van der Waals surface area (Å²) >= 11 is 0. The molecule has 112 valence electrons. The number of benzene rings is 2. The Morgan fingerprint density at radius 2 is 1.77 bits per heavy atom. The summed E-state index contributed by atoms with van der Waals surface area (Å²) in [5.41, 5.74) is 9.58. The minimum atomic E-state index is 0.276. The Balaban J connectivity index is 1.95. The summed E-state index contributed by atoms with van der Waals surface area (Å²) in [5.74, 6) is 0. The van der Waals surface area contributed by atoms with E-state index in [2.05, 4.69) is 67.5 Å². The zero-order chi connectivity index (χ0) is 15.3. The van der Waals surface area contributed by atoms with Crippen LogP contribution in [-0.2, 0) is 6.42 Å². The van der Waals surface area contributed by atoms with E-state index in [1.165, 1.54) is 44.4 Å². The van der Waals surface area contributed by atoms with E-state index < -0.39 is 0 Å². The summed E-state index contributed by atoms with van der Waals surface area (Å²) < 4.78 is 0. The van der Waals surface area contributed by atoms with E-state index in [0.717, 1.165) is 13.0 Å². The summed E-state index contributed by atoms with van der Waals surface area (Å²) in [5, 5.41) is 5.11. The van der Waals surface area contributed by atoms with Gasteiger partial charge in [-0.15, -0.1) is 0 Å². The number of nitrogens with one attached hydrogen (secondary N) is 2. The van der Waals surface area contributed by atoms with Crippen LogP contribution in [0.2, 0.25) is 0 Å². The van der Waals surface area contributed by atoms with E-state index >= 15 is 0 Å². The Morgan fingerprint density at radius 3 is 2.55 bits per heavy atom. The Labute approximate surface area is 131 Å². The lowest BCUT2D eigenvalue weighted by Gasteiger charge is -2.27.